The molecule has 0 aliphatic rings. The third-order valence-electron chi connectivity index (χ3n) is 2.72. The molecule has 0 bridgehead atoms. The SMILES string of the molecule is CC[C@@H](CO)NC(C)c1cn(C)nc1C. The maximum absolute atomic E-state index is 9.11. The molecule has 0 amide bonds. The highest BCUT2D eigenvalue weighted by Crippen LogP contribution is 2.16. The number of rotatable bonds is 5. The summed E-state index contributed by atoms with van der Waals surface area (Å²) in [6, 6.07) is 0.399. The number of aromatic nitrogens is 2. The summed E-state index contributed by atoms with van der Waals surface area (Å²) in [5, 5.41) is 16.8. The van der Waals surface area contributed by atoms with E-state index in [0.29, 0.717) is 0 Å². The molecule has 2 N–H and O–H groups in total. The molecule has 2 atom stereocenters. The van der Waals surface area contributed by atoms with Crippen LogP contribution in [-0.2, 0) is 7.05 Å². The lowest BCUT2D eigenvalue weighted by Gasteiger charge is -2.20. The van der Waals surface area contributed by atoms with Crippen molar-refractivity contribution in [2.45, 2.75) is 39.3 Å². The summed E-state index contributed by atoms with van der Waals surface area (Å²) in [6.07, 6.45) is 2.96. The van der Waals surface area contributed by atoms with Crippen LogP contribution in [0.4, 0.5) is 0 Å². The van der Waals surface area contributed by atoms with Gasteiger partial charge in [-0.15, -0.1) is 0 Å². The zero-order valence-corrected chi connectivity index (χ0v) is 9.99. The molecule has 86 valence electrons. The topological polar surface area (TPSA) is 50.1 Å². The molecule has 0 radical (unpaired) electrons. The minimum absolute atomic E-state index is 0.166. The van der Waals surface area contributed by atoms with E-state index in [1.54, 1.807) is 0 Å². The van der Waals surface area contributed by atoms with Gasteiger partial charge in [0.15, 0.2) is 0 Å². The zero-order valence-electron chi connectivity index (χ0n) is 9.99. The summed E-state index contributed by atoms with van der Waals surface area (Å²) in [7, 11) is 1.92. The van der Waals surface area contributed by atoms with Crippen molar-refractivity contribution < 1.29 is 5.11 Å². The van der Waals surface area contributed by atoms with Crippen LogP contribution < -0.4 is 5.32 Å². The van der Waals surface area contributed by atoms with Gasteiger partial charge >= 0.3 is 0 Å². The van der Waals surface area contributed by atoms with Crippen LogP contribution in [0, 0.1) is 6.92 Å². The minimum Gasteiger partial charge on any atom is -0.395 e. The van der Waals surface area contributed by atoms with Gasteiger partial charge in [-0.1, -0.05) is 6.92 Å². The first-order valence-corrected chi connectivity index (χ1v) is 5.45. The van der Waals surface area contributed by atoms with Crippen molar-refractivity contribution in [3.05, 3.63) is 17.5 Å². The number of aliphatic hydroxyl groups excluding tert-OH is 1. The molecule has 0 saturated carbocycles. The molecule has 0 saturated heterocycles. The van der Waals surface area contributed by atoms with Gasteiger partial charge in [0.25, 0.3) is 0 Å². The monoisotopic (exact) mass is 211 g/mol. The lowest BCUT2D eigenvalue weighted by Crippen LogP contribution is -2.34. The average molecular weight is 211 g/mol. The summed E-state index contributed by atoms with van der Waals surface area (Å²) in [5.41, 5.74) is 2.25. The highest BCUT2D eigenvalue weighted by atomic mass is 16.3. The second-order valence-electron chi connectivity index (χ2n) is 4.02. The average Bonchev–Trinajstić information content (AvgIpc) is 2.54. The van der Waals surface area contributed by atoms with Gasteiger partial charge in [0.05, 0.1) is 12.3 Å². The Hall–Kier alpha value is -0.870. The molecule has 1 unspecified atom stereocenters. The highest BCUT2D eigenvalue weighted by molar-refractivity contribution is 5.19. The van der Waals surface area contributed by atoms with E-state index in [9.17, 15) is 0 Å². The van der Waals surface area contributed by atoms with Gasteiger partial charge in [0, 0.05) is 30.9 Å². The van der Waals surface area contributed by atoms with Crippen molar-refractivity contribution in [1.29, 1.82) is 0 Å². The maximum atomic E-state index is 9.11. The molecule has 1 aromatic rings. The Morgan fingerprint density at radius 1 is 1.60 bits per heavy atom. The van der Waals surface area contributed by atoms with Crippen molar-refractivity contribution in [1.82, 2.24) is 15.1 Å². The van der Waals surface area contributed by atoms with Gasteiger partial charge in [-0.2, -0.15) is 5.10 Å². The molecule has 0 aliphatic heterocycles. The first-order valence-electron chi connectivity index (χ1n) is 5.45. The molecule has 4 heteroatoms. The molecule has 0 fully saturated rings. The third-order valence-corrected chi connectivity index (χ3v) is 2.72. The standard InChI is InChI=1S/C11H21N3O/c1-5-10(7-15)12-8(2)11-6-14(4)13-9(11)3/h6,8,10,12,15H,5,7H2,1-4H3/t8?,10-/m0/s1. The molecule has 15 heavy (non-hydrogen) atoms. The van der Waals surface area contributed by atoms with Gasteiger partial charge in [0.2, 0.25) is 0 Å². The van der Waals surface area contributed by atoms with Crippen LogP contribution in [0.3, 0.4) is 0 Å². The van der Waals surface area contributed by atoms with Crippen LogP contribution in [0.5, 0.6) is 0 Å². The van der Waals surface area contributed by atoms with Crippen LogP contribution in [0.25, 0.3) is 0 Å². The quantitative estimate of drug-likeness (QED) is 0.768. The number of aliphatic hydroxyl groups is 1. The maximum Gasteiger partial charge on any atom is 0.0641 e. The highest BCUT2D eigenvalue weighted by Gasteiger charge is 2.14. The fourth-order valence-corrected chi connectivity index (χ4v) is 1.79. The number of hydrogen-bond donors (Lipinski definition) is 2. The van der Waals surface area contributed by atoms with E-state index < -0.39 is 0 Å². The molecule has 1 heterocycles. The molecule has 0 aromatic carbocycles. The molecule has 1 rings (SSSR count). The smallest absolute Gasteiger partial charge is 0.0641 e. The molecule has 0 spiro atoms. The summed E-state index contributed by atoms with van der Waals surface area (Å²) in [4.78, 5) is 0. The van der Waals surface area contributed by atoms with Gasteiger partial charge in [-0.3, -0.25) is 4.68 Å². The Morgan fingerprint density at radius 3 is 2.67 bits per heavy atom. The van der Waals surface area contributed by atoms with Gasteiger partial charge in [-0.05, 0) is 20.3 Å². The number of nitrogens with zero attached hydrogens (tertiary/aromatic N) is 2. The van der Waals surface area contributed by atoms with Crippen LogP contribution in [0.1, 0.15) is 37.6 Å². The van der Waals surface area contributed by atoms with E-state index in [4.69, 9.17) is 5.11 Å². The number of nitrogens with one attached hydrogen (secondary N) is 1. The fraction of sp³-hybridized carbons (Fsp3) is 0.727. The van der Waals surface area contributed by atoms with Crippen LogP contribution in [-0.4, -0.2) is 27.5 Å². The van der Waals surface area contributed by atoms with Crippen LogP contribution >= 0.6 is 0 Å². The van der Waals surface area contributed by atoms with Crippen LogP contribution in [0.2, 0.25) is 0 Å². The number of hydrogen-bond acceptors (Lipinski definition) is 3. The Labute approximate surface area is 91.3 Å². The Kier molecular flexibility index (Phi) is 4.29. The zero-order chi connectivity index (χ0) is 11.4. The first kappa shape index (κ1) is 12.2. The molecule has 1 aromatic heterocycles. The van der Waals surface area contributed by atoms with Crippen molar-refractivity contribution in [2.75, 3.05) is 6.61 Å². The van der Waals surface area contributed by atoms with Crippen molar-refractivity contribution in [3.8, 4) is 0 Å². The van der Waals surface area contributed by atoms with E-state index in [1.165, 1.54) is 5.56 Å². The van der Waals surface area contributed by atoms with Gasteiger partial charge < -0.3 is 10.4 Å². The Morgan fingerprint density at radius 2 is 2.27 bits per heavy atom. The Balaban J connectivity index is 2.67. The van der Waals surface area contributed by atoms with Gasteiger partial charge in [0.1, 0.15) is 0 Å². The minimum atomic E-state index is 0.166. The lowest BCUT2D eigenvalue weighted by molar-refractivity contribution is 0.230. The van der Waals surface area contributed by atoms with Crippen LogP contribution in [0.15, 0.2) is 6.20 Å². The van der Waals surface area contributed by atoms with Crippen molar-refractivity contribution >= 4 is 0 Å². The molecule has 4 nitrogen and oxygen atoms in total. The second kappa shape index (κ2) is 5.28. The summed E-state index contributed by atoms with van der Waals surface area (Å²) < 4.78 is 1.82. The lowest BCUT2D eigenvalue weighted by atomic mass is 10.1. The number of aryl methyl sites for hydroxylation is 2. The van der Waals surface area contributed by atoms with Gasteiger partial charge in [-0.25, -0.2) is 0 Å². The molecular weight excluding hydrogens is 190 g/mol. The summed E-state index contributed by atoms with van der Waals surface area (Å²) in [5.74, 6) is 0. The second-order valence-corrected chi connectivity index (χ2v) is 4.02. The predicted octanol–water partition coefficient (Wildman–Crippen LogP) is 1.15. The van der Waals surface area contributed by atoms with E-state index >= 15 is 0 Å². The van der Waals surface area contributed by atoms with E-state index in [0.717, 1.165) is 12.1 Å². The van der Waals surface area contributed by atoms with Crippen molar-refractivity contribution in [2.24, 2.45) is 7.05 Å². The third kappa shape index (κ3) is 3.04. The molecular formula is C11H21N3O. The largest absolute Gasteiger partial charge is 0.395 e. The summed E-state index contributed by atoms with van der Waals surface area (Å²) in [6.45, 7) is 6.35. The first-order chi connectivity index (χ1) is 7.08. The fourth-order valence-electron chi connectivity index (χ4n) is 1.79. The van der Waals surface area contributed by atoms with E-state index in [1.807, 2.05) is 24.9 Å². The molecule has 0 aliphatic carbocycles. The predicted molar refractivity (Wildman–Crippen MR) is 60.7 cm³/mol. The Bertz CT molecular complexity index is 305. The van der Waals surface area contributed by atoms with E-state index in [2.05, 4.69) is 24.3 Å². The summed E-state index contributed by atoms with van der Waals surface area (Å²) >= 11 is 0. The van der Waals surface area contributed by atoms with E-state index in [-0.39, 0.29) is 18.7 Å². The normalized spacial score (nSPS) is 15.3. The van der Waals surface area contributed by atoms with Crippen molar-refractivity contribution in [3.63, 3.8) is 0 Å².